The Morgan fingerprint density at radius 2 is 1.67 bits per heavy atom. The smallest absolute Gasteiger partial charge is 0.291 e. The molecule has 2 heterocycles. The van der Waals surface area contributed by atoms with Crippen molar-refractivity contribution in [1.82, 2.24) is 24.9 Å². The van der Waals surface area contributed by atoms with Crippen LogP contribution in [0.3, 0.4) is 0 Å². The Hall–Kier alpha value is -3.54. The largest absolute Gasteiger partial charge is 0.338 e. The fourth-order valence-electron chi connectivity index (χ4n) is 2.96. The predicted octanol–water partition coefficient (Wildman–Crippen LogP) is 3.26. The molecule has 0 saturated carbocycles. The first kappa shape index (κ1) is 16.9. The van der Waals surface area contributed by atoms with Crippen LogP contribution in [0.5, 0.6) is 0 Å². The van der Waals surface area contributed by atoms with Gasteiger partial charge in [0, 0.05) is 11.9 Å². The number of rotatable bonds is 4. The molecule has 6 nitrogen and oxygen atoms in total. The lowest BCUT2D eigenvalue weighted by molar-refractivity contribution is 0.0932. The molecule has 0 fully saturated rings. The summed E-state index contributed by atoms with van der Waals surface area (Å²) in [5.41, 5.74) is 4.02. The van der Waals surface area contributed by atoms with Gasteiger partial charge in [-0.25, -0.2) is 9.50 Å². The third kappa shape index (κ3) is 3.42. The predicted molar refractivity (Wildman–Crippen MR) is 102 cm³/mol. The molecule has 1 unspecified atom stereocenters. The molecule has 1 N–H and O–H groups in total. The molecule has 0 aliphatic rings. The number of hydrogen-bond acceptors (Lipinski definition) is 4. The van der Waals surface area contributed by atoms with Gasteiger partial charge >= 0.3 is 0 Å². The first-order valence-corrected chi connectivity index (χ1v) is 8.72. The number of carbonyl (C=O) groups is 1. The monoisotopic (exact) mass is 357 g/mol. The molecule has 6 heteroatoms. The van der Waals surface area contributed by atoms with E-state index in [1.165, 1.54) is 5.56 Å². The van der Waals surface area contributed by atoms with Crippen LogP contribution in [0.2, 0.25) is 0 Å². The Labute approximate surface area is 156 Å². The van der Waals surface area contributed by atoms with Crippen LogP contribution in [0.25, 0.3) is 5.78 Å². The molecule has 4 rings (SSSR count). The van der Waals surface area contributed by atoms with Crippen LogP contribution < -0.4 is 5.32 Å². The number of amides is 1. The number of aromatic nitrogens is 4. The van der Waals surface area contributed by atoms with Crippen LogP contribution in [-0.4, -0.2) is 25.5 Å². The van der Waals surface area contributed by atoms with Crippen molar-refractivity contribution < 1.29 is 4.79 Å². The van der Waals surface area contributed by atoms with E-state index < -0.39 is 0 Å². The summed E-state index contributed by atoms with van der Waals surface area (Å²) < 4.78 is 1.57. The third-order valence-electron chi connectivity index (χ3n) is 4.45. The molecule has 0 bridgehead atoms. The number of fused-ring (bicyclic) bond motifs is 1. The van der Waals surface area contributed by atoms with Crippen molar-refractivity contribution in [2.75, 3.05) is 0 Å². The van der Waals surface area contributed by atoms with Gasteiger partial charge in [-0.05, 0) is 31.0 Å². The lowest BCUT2D eigenvalue weighted by atomic mass is 9.98. The van der Waals surface area contributed by atoms with Gasteiger partial charge in [-0.2, -0.15) is 4.98 Å². The van der Waals surface area contributed by atoms with Crippen LogP contribution in [0.15, 0.2) is 66.9 Å². The topological polar surface area (TPSA) is 72.2 Å². The van der Waals surface area contributed by atoms with Gasteiger partial charge < -0.3 is 5.32 Å². The molecule has 0 saturated heterocycles. The van der Waals surface area contributed by atoms with Gasteiger partial charge in [0.05, 0.1) is 6.04 Å². The molecule has 1 amide bonds. The number of benzene rings is 2. The van der Waals surface area contributed by atoms with Crippen LogP contribution in [0.1, 0.15) is 39.0 Å². The lowest BCUT2D eigenvalue weighted by Gasteiger charge is -2.19. The lowest BCUT2D eigenvalue weighted by Crippen LogP contribution is -2.30. The first-order valence-electron chi connectivity index (χ1n) is 8.72. The summed E-state index contributed by atoms with van der Waals surface area (Å²) in [6, 6.07) is 19.5. The Morgan fingerprint density at radius 3 is 2.37 bits per heavy atom. The van der Waals surface area contributed by atoms with Crippen LogP contribution >= 0.6 is 0 Å². The Balaban J connectivity index is 1.69. The molecule has 4 aromatic rings. The van der Waals surface area contributed by atoms with Crippen molar-refractivity contribution in [1.29, 1.82) is 0 Å². The van der Waals surface area contributed by atoms with Crippen molar-refractivity contribution in [2.45, 2.75) is 19.9 Å². The normalized spacial score (nSPS) is 12.1. The molecule has 0 aliphatic heterocycles. The number of aryl methyl sites for hydroxylation is 2. The van der Waals surface area contributed by atoms with E-state index >= 15 is 0 Å². The number of nitrogens with zero attached hydrogens (tertiary/aromatic N) is 4. The van der Waals surface area contributed by atoms with Crippen LogP contribution in [0.4, 0.5) is 0 Å². The van der Waals surface area contributed by atoms with E-state index in [1.54, 1.807) is 10.7 Å². The summed E-state index contributed by atoms with van der Waals surface area (Å²) in [5.74, 6) is 0.172. The molecule has 2 aromatic heterocycles. The fraction of sp³-hybridized carbons (Fsp3) is 0.143. The van der Waals surface area contributed by atoms with Crippen LogP contribution in [0, 0.1) is 13.8 Å². The zero-order valence-corrected chi connectivity index (χ0v) is 15.1. The first-order chi connectivity index (χ1) is 13.1. The Morgan fingerprint density at radius 1 is 0.963 bits per heavy atom. The molecule has 27 heavy (non-hydrogen) atoms. The van der Waals surface area contributed by atoms with Gasteiger partial charge in [0.15, 0.2) is 0 Å². The van der Waals surface area contributed by atoms with Crippen molar-refractivity contribution in [2.24, 2.45) is 0 Å². The minimum atomic E-state index is -0.339. The van der Waals surface area contributed by atoms with Gasteiger partial charge in [-0.3, -0.25) is 4.79 Å². The molecule has 134 valence electrons. The van der Waals surface area contributed by atoms with E-state index in [-0.39, 0.29) is 17.8 Å². The average Bonchev–Trinajstić information content (AvgIpc) is 3.13. The van der Waals surface area contributed by atoms with E-state index in [2.05, 4.69) is 20.4 Å². The molecule has 0 spiro atoms. The highest BCUT2D eigenvalue weighted by molar-refractivity contribution is 5.91. The third-order valence-corrected chi connectivity index (χ3v) is 4.45. The minimum absolute atomic E-state index is 0.102. The van der Waals surface area contributed by atoms with Crippen molar-refractivity contribution in [3.63, 3.8) is 0 Å². The highest BCUT2D eigenvalue weighted by atomic mass is 16.2. The highest BCUT2D eigenvalue weighted by Gasteiger charge is 2.21. The van der Waals surface area contributed by atoms with E-state index in [0.29, 0.717) is 5.78 Å². The van der Waals surface area contributed by atoms with Crippen LogP contribution in [-0.2, 0) is 0 Å². The summed E-state index contributed by atoms with van der Waals surface area (Å²) in [6.07, 6.45) is 1.65. The Kier molecular flexibility index (Phi) is 4.38. The zero-order valence-electron chi connectivity index (χ0n) is 15.1. The summed E-state index contributed by atoms with van der Waals surface area (Å²) in [7, 11) is 0. The highest BCUT2D eigenvalue weighted by Crippen LogP contribution is 2.22. The molecular formula is C21H19N5O. The SMILES string of the molecule is Cc1ccc(C(NC(=O)c2nc3nccc(C)n3n2)c2ccccc2)cc1. The van der Waals surface area contributed by atoms with Crippen molar-refractivity contribution >= 4 is 11.7 Å². The summed E-state index contributed by atoms with van der Waals surface area (Å²) in [6.45, 7) is 3.93. The number of carbonyl (C=O) groups excluding carboxylic acids is 1. The van der Waals surface area contributed by atoms with Crippen molar-refractivity contribution in [3.8, 4) is 0 Å². The fourth-order valence-corrected chi connectivity index (χ4v) is 2.96. The summed E-state index contributed by atoms with van der Waals surface area (Å²) >= 11 is 0. The quantitative estimate of drug-likeness (QED) is 0.608. The average molecular weight is 357 g/mol. The van der Waals surface area contributed by atoms with E-state index in [1.807, 2.05) is 74.5 Å². The van der Waals surface area contributed by atoms with Gasteiger partial charge in [0.2, 0.25) is 5.82 Å². The second kappa shape index (κ2) is 6.99. The maximum absolute atomic E-state index is 12.9. The molecule has 2 aromatic carbocycles. The maximum atomic E-state index is 12.9. The van der Waals surface area contributed by atoms with E-state index in [0.717, 1.165) is 16.8 Å². The maximum Gasteiger partial charge on any atom is 0.291 e. The summed E-state index contributed by atoms with van der Waals surface area (Å²) in [4.78, 5) is 21.3. The van der Waals surface area contributed by atoms with E-state index in [9.17, 15) is 4.79 Å². The number of nitrogens with one attached hydrogen (secondary N) is 1. The molecule has 0 radical (unpaired) electrons. The van der Waals surface area contributed by atoms with Crippen molar-refractivity contribution in [3.05, 3.63) is 95.1 Å². The van der Waals surface area contributed by atoms with Gasteiger partial charge in [-0.1, -0.05) is 60.2 Å². The molecule has 1 atom stereocenters. The van der Waals surface area contributed by atoms with Gasteiger partial charge in [0.25, 0.3) is 11.7 Å². The minimum Gasteiger partial charge on any atom is -0.338 e. The van der Waals surface area contributed by atoms with Gasteiger partial charge in [0.1, 0.15) is 0 Å². The summed E-state index contributed by atoms with van der Waals surface area (Å²) in [5, 5.41) is 7.36. The molecule has 0 aliphatic carbocycles. The standard InChI is InChI=1S/C21H19N5O/c1-14-8-10-17(11-9-14)18(16-6-4-3-5-7-16)23-20(27)19-24-21-22-13-12-15(2)26(21)25-19/h3-13,18H,1-2H3,(H,23,27). The Bertz CT molecular complexity index is 1090. The van der Waals surface area contributed by atoms with Gasteiger partial charge in [-0.15, -0.1) is 5.10 Å². The molecular weight excluding hydrogens is 338 g/mol. The van der Waals surface area contributed by atoms with E-state index in [4.69, 9.17) is 0 Å². The second-order valence-corrected chi connectivity index (χ2v) is 6.46. The second-order valence-electron chi connectivity index (χ2n) is 6.46. The number of hydrogen-bond donors (Lipinski definition) is 1. The zero-order chi connectivity index (χ0) is 18.8.